The molecule has 0 saturated heterocycles. The Balaban J connectivity index is 1.86. The summed E-state index contributed by atoms with van der Waals surface area (Å²) in [7, 11) is 0. The van der Waals surface area contributed by atoms with Crippen LogP contribution in [-0.2, 0) is 16.0 Å². The van der Waals surface area contributed by atoms with Crippen LogP contribution in [-0.4, -0.2) is 18.0 Å². The van der Waals surface area contributed by atoms with E-state index in [9.17, 15) is 4.79 Å². The second-order valence-electron chi connectivity index (χ2n) is 7.51. The average Bonchev–Trinajstić information content (AvgIpc) is 2.54. The van der Waals surface area contributed by atoms with Crippen LogP contribution in [0.25, 0.3) is 11.1 Å². The topological polar surface area (TPSA) is 26.3 Å². The molecule has 2 heteroatoms. The first-order valence-electron chi connectivity index (χ1n) is 8.63. The summed E-state index contributed by atoms with van der Waals surface area (Å²) in [5, 5.41) is 0. The van der Waals surface area contributed by atoms with E-state index in [4.69, 9.17) is 4.74 Å². The molecule has 2 rings (SSSR count). The molecule has 0 N–H and O–H groups in total. The van der Waals surface area contributed by atoms with Crippen molar-refractivity contribution in [1.29, 1.82) is 0 Å². The molecular formula is C22H28O2. The maximum Gasteiger partial charge on any atom is 0.137 e. The van der Waals surface area contributed by atoms with Gasteiger partial charge >= 0.3 is 0 Å². The number of hydrogen-bond acceptors (Lipinski definition) is 2. The lowest BCUT2D eigenvalue weighted by Gasteiger charge is -2.22. The Morgan fingerprint density at radius 3 is 2.12 bits per heavy atom. The molecule has 0 fully saturated rings. The van der Waals surface area contributed by atoms with Crippen molar-refractivity contribution in [1.82, 2.24) is 0 Å². The van der Waals surface area contributed by atoms with E-state index in [0.29, 0.717) is 19.4 Å². The number of ether oxygens (including phenoxy) is 1. The van der Waals surface area contributed by atoms with Crippen molar-refractivity contribution in [2.75, 3.05) is 6.61 Å². The van der Waals surface area contributed by atoms with Gasteiger partial charge in [-0.2, -0.15) is 0 Å². The molecule has 1 atom stereocenters. The Bertz CT molecular complexity index is 636. The van der Waals surface area contributed by atoms with Gasteiger partial charge in [0.05, 0.1) is 12.2 Å². The second-order valence-corrected chi connectivity index (χ2v) is 7.51. The summed E-state index contributed by atoms with van der Waals surface area (Å²) in [5.74, 6) is 0.521. The minimum Gasteiger partial charge on any atom is -0.376 e. The van der Waals surface area contributed by atoms with Gasteiger partial charge in [-0.1, -0.05) is 61.5 Å². The molecule has 0 radical (unpaired) electrons. The van der Waals surface area contributed by atoms with Crippen LogP contribution in [0.15, 0.2) is 54.6 Å². The van der Waals surface area contributed by atoms with Gasteiger partial charge in [0.15, 0.2) is 0 Å². The zero-order valence-corrected chi connectivity index (χ0v) is 15.2. The minimum absolute atomic E-state index is 0.148. The number of rotatable bonds is 7. The largest absolute Gasteiger partial charge is 0.376 e. The number of hydrogen-bond donors (Lipinski definition) is 0. The fourth-order valence-corrected chi connectivity index (χ4v) is 2.59. The molecule has 0 saturated carbocycles. The van der Waals surface area contributed by atoms with Crippen molar-refractivity contribution >= 4 is 5.78 Å². The maximum atomic E-state index is 12.2. The normalized spacial score (nSPS) is 12.8. The van der Waals surface area contributed by atoms with Crippen LogP contribution in [0.3, 0.4) is 0 Å². The van der Waals surface area contributed by atoms with Crippen LogP contribution < -0.4 is 0 Å². The molecule has 128 valence electrons. The maximum absolute atomic E-state index is 12.2. The lowest BCUT2D eigenvalue weighted by molar-refractivity contribution is -0.120. The third kappa shape index (κ3) is 6.29. The van der Waals surface area contributed by atoms with Crippen molar-refractivity contribution in [3.8, 4) is 11.1 Å². The number of carbonyl (C=O) groups excluding carboxylic acids is 1. The van der Waals surface area contributed by atoms with Crippen LogP contribution >= 0.6 is 0 Å². The van der Waals surface area contributed by atoms with E-state index in [1.165, 1.54) is 11.1 Å². The van der Waals surface area contributed by atoms with Gasteiger partial charge in [0.2, 0.25) is 0 Å². The molecule has 0 aliphatic rings. The van der Waals surface area contributed by atoms with Crippen molar-refractivity contribution < 1.29 is 9.53 Å². The first-order chi connectivity index (χ1) is 11.3. The highest BCUT2D eigenvalue weighted by atomic mass is 16.5. The van der Waals surface area contributed by atoms with Crippen molar-refractivity contribution in [3.63, 3.8) is 0 Å². The Kier molecular flexibility index (Phi) is 6.33. The van der Waals surface area contributed by atoms with E-state index in [1.54, 1.807) is 0 Å². The van der Waals surface area contributed by atoms with Crippen molar-refractivity contribution in [3.05, 3.63) is 60.2 Å². The van der Waals surface area contributed by atoms with Crippen LogP contribution in [0.2, 0.25) is 0 Å². The summed E-state index contributed by atoms with van der Waals surface area (Å²) in [6.07, 6.45) is 1.06. The average molecular weight is 324 g/mol. The number of benzene rings is 2. The van der Waals surface area contributed by atoms with Crippen LogP contribution in [0.4, 0.5) is 0 Å². The fraction of sp³-hybridized carbons (Fsp3) is 0.409. The standard InChI is InChI=1S/C22H28O2/c1-17(16-24-22(2,3)4)14-21(23)15-18-10-12-20(13-11-18)19-8-6-5-7-9-19/h5-13,17H,14-16H2,1-4H3/t17-/m1/s1. The molecule has 0 heterocycles. The van der Waals surface area contributed by atoms with Crippen molar-refractivity contribution in [2.45, 2.75) is 46.1 Å². The van der Waals surface area contributed by atoms with Crippen LogP contribution in [0, 0.1) is 5.92 Å². The zero-order valence-electron chi connectivity index (χ0n) is 15.2. The van der Waals surface area contributed by atoms with E-state index in [2.05, 4.69) is 43.3 Å². The predicted octanol–water partition coefficient (Wildman–Crippen LogP) is 5.31. The molecule has 0 aliphatic heterocycles. The van der Waals surface area contributed by atoms with E-state index < -0.39 is 0 Å². The number of carbonyl (C=O) groups is 1. The van der Waals surface area contributed by atoms with Crippen LogP contribution in [0.5, 0.6) is 0 Å². The van der Waals surface area contributed by atoms with Crippen LogP contribution in [0.1, 0.15) is 39.7 Å². The summed E-state index contributed by atoms with van der Waals surface area (Å²) >= 11 is 0. The third-order valence-corrected chi connectivity index (χ3v) is 3.84. The zero-order chi connectivity index (χ0) is 17.6. The molecule has 2 nitrogen and oxygen atoms in total. The van der Waals surface area contributed by atoms with Gasteiger partial charge in [0, 0.05) is 12.8 Å². The molecule has 0 spiro atoms. The highest BCUT2D eigenvalue weighted by Crippen LogP contribution is 2.20. The smallest absolute Gasteiger partial charge is 0.137 e. The molecule has 2 aromatic carbocycles. The highest BCUT2D eigenvalue weighted by Gasteiger charge is 2.15. The van der Waals surface area contributed by atoms with Crippen molar-refractivity contribution in [2.24, 2.45) is 5.92 Å². The predicted molar refractivity (Wildman–Crippen MR) is 100 cm³/mol. The number of ketones is 1. The molecule has 24 heavy (non-hydrogen) atoms. The number of Topliss-reactive ketones (excluding diaryl/α,β-unsaturated/α-hetero) is 1. The van der Waals surface area contributed by atoms with Gasteiger partial charge in [-0.25, -0.2) is 0 Å². The van der Waals surface area contributed by atoms with E-state index >= 15 is 0 Å². The van der Waals surface area contributed by atoms with Gasteiger partial charge < -0.3 is 4.74 Å². The lowest BCUT2D eigenvalue weighted by Crippen LogP contribution is -2.23. The fourth-order valence-electron chi connectivity index (χ4n) is 2.59. The molecule has 0 aromatic heterocycles. The summed E-state index contributed by atoms with van der Waals surface area (Å²) in [5.41, 5.74) is 3.30. The summed E-state index contributed by atoms with van der Waals surface area (Å²) in [6.45, 7) is 8.81. The van der Waals surface area contributed by atoms with Gasteiger partial charge in [0.25, 0.3) is 0 Å². The molecule has 0 bridgehead atoms. The SMILES string of the molecule is C[C@@H](COC(C)(C)C)CC(=O)Cc1ccc(-c2ccccc2)cc1. The summed E-state index contributed by atoms with van der Waals surface area (Å²) in [4.78, 5) is 12.2. The Morgan fingerprint density at radius 2 is 1.54 bits per heavy atom. The van der Waals surface area contributed by atoms with Gasteiger partial charge in [-0.3, -0.25) is 4.79 Å². The molecule has 2 aromatic rings. The van der Waals surface area contributed by atoms with E-state index in [1.807, 2.05) is 39.0 Å². The molecule has 0 aliphatic carbocycles. The Hall–Kier alpha value is -1.93. The van der Waals surface area contributed by atoms with Gasteiger partial charge in [0.1, 0.15) is 5.78 Å². The van der Waals surface area contributed by atoms with E-state index in [0.717, 1.165) is 5.56 Å². The quantitative estimate of drug-likeness (QED) is 0.690. The Morgan fingerprint density at radius 1 is 0.958 bits per heavy atom. The lowest BCUT2D eigenvalue weighted by atomic mass is 9.98. The first-order valence-corrected chi connectivity index (χ1v) is 8.63. The summed E-state index contributed by atoms with van der Waals surface area (Å²) < 4.78 is 5.75. The second kappa shape index (κ2) is 8.25. The summed E-state index contributed by atoms with van der Waals surface area (Å²) in [6, 6.07) is 18.6. The van der Waals surface area contributed by atoms with E-state index in [-0.39, 0.29) is 17.3 Å². The van der Waals surface area contributed by atoms with Gasteiger partial charge in [-0.05, 0) is 43.4 Å². The van der Waals surface area contributed by atoms with Gasteiger partial charge in [-0.15, -0.1) is 0 Å². The molecular weight excluding hydrogens is 296 g/mol. The Labute approximate surface area is 145 Å². The first kappa shape index (κ1) is 18.4. The third-order valence-electron chi connectivity index (χ3n) is 3.84. The molecule has 0 amide bonds. The highest BCUT2D eigenvalue weighted by molar-refractivity contribution is 5.81. The molecule has 0 unspecified atom stereocenters. The minimum atomic E-state index is -0.148. The monoisotopic (exact) mass is 324 g/mol.